The number of carbonyl (C=O) groups is 1. The van der Waals surface area contributed by atoms with Crippen molar-refractivity contribution in [3.8, 4) is 0 Å². The average Bonchev–Trinajstić information content (AvgIpc) is 2.47. The first kappa shape index (κ1) is 15.0. The fourth-order valence-electron chi connectivity index (χ4n) is 2.50. The van der Waals surface area contributed by atoms with Crippen molar-refractivity contribution in [3.63, 3.8) is 0 Å². The normalized spacial score (nSPS) is 17.4. The first-order valence-electron chi connectivity index (χ1n) is 7.38. The van der Waals surface area contributed by atoms with E-state index in [1.54, 1.807) is 0 Å². The van der Waals surface area contributed by atoms with Crippen molar-refractivity contribution in [1.82, 2.24) is 15.1 Å². The molecule has 1 amide bonds. The molecule has 0 aromatic heterocycles. The molecule has 1 aromatic rings. The van der Waals surface area contributed by atoms with Crippen LogP contribution in [0.3, 0.4) is 0 Å². The molecule has 2 rings (SSSR count). The van der Waals surface area contributed by atoms with Gasteiger partial charge in [-0.05, 0) is 39.1 Å². The molecule has 4 heteroatoms. The van der Waals surface area contributed by atoms with E-state index in [0.29, 0.717) is 6.04 Å². The average molecular weight is 275 g/mol. The first-order valence-corrected chi connectivity index (χ1v) is 7.38. The first-order chi connectivity index (χ1) is 9.65. The standard InChI is InChI=1S/C16H25N3O/c1-18(2)12-13-19-10-8-15(9-11-19)17-16(20)14-6-4-3-5-7-14/h3-7,15H,8-13H2,1-2H3,(H,17,20). The Balaban J connectivity index is 1.73. The molecule has 1 aromatic carbocycles. The summed E-state index contributed by atoms with van der Waals surface area (Å²) in [6, 6.07) is 9.78. The quantitative estimate of drug-likeness (QED) is 0.883. The highest BCUT2D eigenvalue weighted by atomic mass is 16.1. The highest BCUT2D eigenvalue weighted by Gasteiger charge is 2.20. The number of carbonyl (C=O) groups excluding carboxylic acids is 1. The number of amides is 1. The van der Waals surface area contributed by atoms with Gasteiger partial charge in [-0.25, -0.2) is 0 Å². The minimum atomic E-state index is 0.0531. The highest BCUT2D eigenvalue weighted by Crippen LogP contribution is 2.11. The molecule has 1 heterocycles. The number of hydrogen-bond donors (Lipinski definition) is 1. The number of piperidine rings is 1. The second-order valence-corrected chi connectivity index (χ2v) is 5.76. The minimum Gasteiger partial charge on any atom is -0.349 e. The molecule has 110 valence electrons. The Morgan fingerprint density at radius 3 is 2.50 bits per heavy atom. The molecule has 0 bridgehead atoms. The van der Waals surface area contributed by atoms with Crippen LogP contribution in [-0.2, 0) is 0 Å². The molecule has 20 heavy (non-hydrogen) atoms. The number of nitrogens with zero attached hydrogens (tertiary/aromatic N) is 2. The molecule has 0 unspecified atom stereocenters. The second kappa shape index (κ2) is 7.41. The second-order valence-electron chi connectivity index (χ2n) is 5.76. The van der Waals surface area contributed by atoms with E-state index in [4.69, 9.17) is 0 Å². The van der Waals surface area contributed by atoms with E-state index in [9.17, 15) is 4.79 Å². The minimum absolute atomic E-state index is 0.0531. The molecule has 0 atom stereocenters. The van der Waals surface area contributed by atoms with Crippen LogP contribution in [0.4, 0.5) is 0 Å². The predicted octanol–water partition coefficient (Wildman–Crippen LogP) is 1.44. The summed E-state index contributed by atoms with van der Waals surface area (Å²) >= 11 is 0. The van der Waals surface area contributed by atoms with E-state index in [1.165, 1.54) is 0 Å². The van der Waals surface area contributed by atoms with E-state index in [-0.39, 0.29) is 5.91 Å². The fourth-order valence-corrected chi connectivity index (χ4v) is 2.50. The lowest BCUT2D eigenvalue weighted by molar-refractivity contribution is 0.0909. The van der Waals surface area contributed by atoms with E-state index in [2.05, 4.69) is 29.2 Å². The summed E-state index contributed by atoms with van der Waals surface area (Å²) in [6.07, 6.45) is 2.10. The SMILES string of the molecule is CN(C)CCN1CCC(NC(=O)c2ccccc2)CC1. The van der Waals surface area contributed by atoms with Gasteiger partial charge in [-0.2, -0.15) is 0 Å². The molecule has 1 fully saturated rings. The predicted molar refractivity (Wildman–Crippen MR) is 81.9 cm³/mol. The fraction of sp³-hybridized carbons (Fsp3) is 0.562. The summed E-state index contributed by atoms with van der Waals surface area (Å²) in [4.78, 5) is 16.8. The van der Waals surface area contributed by atoms with Gasteiger partial charge in [0, 0.05) is 37.8 Å². The molecule has 0 radical (unpaired) electrons. The Labute approximate surface area is 121 Å². The summed E-state index contributed by atoms with van der Waals surface area (Å²) in [7, 11) is 4.21. The number of nitrogens with one attached hydrogen (secondary N) is 1. The number of likely N-dealkylation sites (N-methyl/N-ethyl adjacent to an activating group) is 1. The van der Waals surface area contributed by atoms with Gasteiger partial charge in [-0.15, -0.1) is 0 Å². The van der Waals surface area contributed by atoms with Crippen molar-refractivity contribution in [1.29, 1.82) is 0 Å². The van der Waals surface area contributed by atoms with Crippen LogP contribution in [0, 0.1) is 0 Å². The van der Waals surface area contributed by atoms with E-state index >= 15 is 0 Å². The van der Waals surface area contributed by atoms with Crippen LogP contribution in [0.1, 0.15) is 23.2 Å². The van der Waals surface area contributed by atoms with E-state index < -0.39 is 0 Å². The molecule has 0 saturated carbocycles. The third-order valence-electron chi connectivity index (χ3n) is 3.82. The van der Waals surface area contributed by atoms with Crippen molar-refractivity contribution in [2.45, 2.75) is 18.9 Å². The third kappa shape index (κ3) is 4.62. The van der Waals surface area contributed by atoms with Gasteiger partial charge >= 0.3 is 0 Å². The lowest BCUT2D eigenvalue weighted by atomic mass is 10.0. The summed E-state index contributed by atoms with van der Waals surface area (Å²) < 4.78 is 0. The zero-order chi connectivity index (χ0) is 14.4. The molecule has 0 aliphatic carbocycles. The van der Waals surface area contributed by atoms with Crippen LogP contribution in [0.2, 0.25) is 0 Å². The van der Waals surface area contributed by atoms with Gasteiger partial charge in [-0.3, -0.25) is 4.79 Å². The Morgan fingerprint density at radius 1 is 1.25 bits per heavy atom. The summed E-state index contributed by atoms with van der Waals surface area (Å²) in [5.74, 6) is 0.0531. The lowest BCUT2D eigenvalue weighted by Gasteiger charge is -2.32. The van der Waals surface area contributed by atoms with Crippen LogP contribution in [0.15, 0.2) is 30.3 Å². The Morgan fingerprint density at radius 2 is 1.90 bits per heavy atom. The molecular weight excluding hydrogens is 250 g/mol. The number of rotatable bonds is 5. The van der Waals surface area contributed by atoms with Gasteiger partial charge in [-0.1, -0.05) is 18.2 Å². The molecule has 1 N–H and O–H groups in total. The summed E-state index contributed by atoms with van der Waals surface area (Å²) in [6.45, 7) is 4.37. The maximum atomic E-state index is 12.1. The molecular formula is C16H25N3O. The Hall–Kier alpha value is -1.39. The molecule has 1 saturated heterocycles. The van der Waals surface area contributed by atoms with Gasteiger partial charge in [0.1, 0.15) is 0 Å². The monoisotopic (exact) mass is 275 g/mol. The van der Waals surface area contributed by atoms with E-state index in [0.717, 1.165) is 44.6 Å². The van der Waals surface area contributed by atoms with Crippen LogP contribution < -0.4 is 5.32 Å². The van der Waals surface area contributed by atoms with Gasteiger partial charge in [0.25, 0.3) is 5.91 Å². The topological polar surface area (TPSA) is 35.6 Å². The van der Waals surface area contributed by atoms with Gasteiger partial charge in [0.15, 0.2) is 0 Å². The zero-order valence-corrected chi connectivity index (χ0v) is 12.5. The summed E-state index contributed by atoms with van der Waals surface area (Å²) in [5.41, 5.74) is 0.752. The van der Waals surface area contributed by atoms with Crippen molar-refractivity contribution < 1.29 is 4.79 Å². The highest BCUT2D eigenvalue weighted by molar-refractivity contribution is 5.94. The van der Waals surface area contributed by atoms with Crippen LogP contribution in [0.5, 0.6) is 0 Å². The van der Waals surface area contributed by atoms with Crippen LogP contribution in [0.25, 0.3) is 0 Å². The Bertz CT molecular complexity index is 411. The third-order valence-corrected chi connectivity index (χ3v) is 3.82. The maximum Gasteiger partial charge on any atom is 0.251 e. The molecule has 1 aliphatic rings. The molecule has 4 nitrogen and oxygen atoms in total. The van der Waals surface area contributed by atoms with Gasteiger partial charge in [0.2, 0.25) is 0 Å². The van der Waals surface area contributed by atoms with Crippen LogP contribution in [-0.4, -0.2) is 62.0 Å². The van der Waals surface area contributed by atoms with E-state index in [1.807, 2.05) is 30.3 Å². The van der Waals surface area contributed by atoms with Crippen molar-refractivity contribution in [3.05, 3.63) is 35.9 Å². The number of benzene rings is 1. The number of likely N-dealkylation sites (tertiary alicyclic amines) is 1. The van der Waals surface area contributed by atoms with Crippen LogP contribution >= 0.6 is 0 Å². The van der Waals surface area contributed by atoms with Crippen molar-refractivity contribution in [2.75, 3.05) is 40.3 Å². The van der Waals surface area contributed by atoms with Gasteiger partial charge < -0.3 is 15.1 Å². The van der Waals surface area contributed by atoms with Crippen molar-refractivity contribution >= 4 is 5.91 Å². The smallest absolute Gasteiger partial charge is 0.251 e. The van der Waals surface area contributed by atoms with Crippen molar-refractivity contribution in [2.24, 2.45) is 0 Å². The largest absolute Gasteiger partial charge is 0.349 e. The summed E-state index contributed by atoms with van der Waals surface area (Å²) in [5, 5.41) is 3.14. The molecule has 1 aliphatic heterocycles. The Kier molecular flexibility index (Phi) is 5.56. The zero-order valence-electron chi connectivity index (χ0n) is 12.5. The van der Waals surface area contributed by atoms with Gasteiger partial charge in [0.05, 0.1) is 0 Å². The lowest BCUT2D eigenvalue weighted by Crippen LogP contribution is -2.46. The maximum absolute atomic E-state index is 12.1. The number of hydrogen-bond acceptors (Lipinski definition) is 3. The molecule has 0 spiro atoms.